The minimum Gasteiger partial charge on any atom is -0.456 e. The lowest BCUT2D eigenvalue weighted by Gasteiger charge is -2.07. The van der Waals surface area contributed by atoms with Crippen LogP contribution in [-0.4, -0.2) is 23.5 Å². The van der Waals surface area contributed by atoms with Gasteiger partial charge in [-0.3, -0.25) is 9.59 Å². The van der Waals surface area contributed by atoms with Crippen LogP contribution in [0.15, 0.2) is 54.7 Å². The third-order valence-electron chi connectivity index (χ3n) is 4.04. The highest BCUT2D eigenvalue weighted by atomic mass is 19.1. The average Bonchev–Trinajstić information content (AvgIpc) is 3.07. The third-order valence-corrected chi connectivity index (χ3v) is 4.04. The topological polar surface area (TPSA) is 71.2 Å². The zero-order chi connectivity index (χ0) is 18.4. The van der Waals surface area contributed by atoms with Gasteiger partial charge in [-0.15, -0.1) is 0 Å². The minimum atomic E-state index is -0.424. The molecule has 0 aliphatic rings. The molecule has 0 atom stereocenters. The second-order valence-electron chi connectivity index (χ2n) is 5.92. The second-order valence-corrected chi connectivity index (χ2v) is 5.92. The highest BCUT2D eigenvalue weighted by Gasteiger charge is 2.10. The number of amides is 1. The number of rotatable bonds is 7. The summed E-state index contributed by atoms with van der Waals surface area (Å²) in [7, 11) is 0. The van der Waals surface area contributed by atoms with E-state index in [0.717, 1.165) is 22.0 Å². The van der Waals surface area contributed by atoms with E-state index in [2.05, 4.69) is 10.3 Å². The summed E-state index contributed by atoms with van der Waals surface area (Å²) in [5.41, 5.74) is 2.83. The number of ether oxygens (including phenoxy) is 1. The number of hydrogen-bond donors (Lipinski definition) is 2. The largest absolute Gasteiger partial charge is 0.456 e. The van der Waals surface area contributed by atoms with Crippen molar-refractivity contribution < 1.29 is 18.7 Å². The molecule has 2 N–H and O–H groups in total. The molecule has 0 aliphatic carbocycles. The molecule has 2 aromatic carbocycles. The average molecular weight is 354 g/mol. The van der Waals surface area contributed by atoms with E-state index in [4.69, 9.17) is 4.74 Å². The monoisotopic (exact) mass is 354 g/mol. The van der Waals surface area contributed by atoms with Crippen LogP contribution in [0.5, 0.6) is 0 Å². The number of aromatic amines is 1. The van der Waals surface area contributed by atoms with Crippen molar-refractivity contribution in [1.29, 1.82) is 0 Å². The Hall–Kier alpha value is -3.15. The molecule has 0 radical (unpaired) electrons. The SMILES string of the molecule is O=C(COC(=O)CCc1c[nH]c2ccccc12)NCc1ccc(F)cc1. The molecule has 5 nitrogen and oxygen atoms in total. The first kappa shape index (κ1) is 17.7. The summed E-state index contributed by atoms with van der Waals surface area (Å²) < 4.78 is 17.8. The van der Waals surface area contributed by atoms with Crippen molar-refractivity contribution in [3.8, 4) is 0 Å². The summed E-state index contributed by atoms with van der Waals surface area (Å²) in [6.07, 6.45) is 2.63. The molecule has 0 fully saturated rings. The van der Waals surface area contributed by atoms with Gasteiger partial charge in [0.2, 0.25) is 0 Å². The zero-order valence-corrected chi connectivity index (χ0v) is 14.1. The molecule has 0 saturated carbocycles. The summed E-state index contributed by atoms with van der Waals surface area (Å²) in [6.45, 7) is -0.0695. The first-order chi connectivity index (χ1) is 12.6. The predicted octanol–water partition coefficient (Wildman–Crippen LogP) is 3.10. The third kappa shape index (κ3) is 4.69. The number of carbonyl (C=O) groups is 2. The normalized spacial score (nSPS) is 10.7. The van der Waals surface area contributed by atoms with Crippen LogP contribution in [0.2, 0.25) is 0 Å². The fourth-order valence-electron chi connectivity index (χ4n) is 2.65. The summed E-state index contributed by atoms with van der Waals surface area (Å²) in [6, 6.07) is 13.7. The Bertz CT molecular complexity index is 903. The minimum absolute atomic E-state index is 0.201. The summed E-state index contributed by atoms with van der Waals surface area (Å²) >= 11 is 0. The van der Waals surface area contributed by atoms with Crippen LogP contribution in [0.25, 0.3) is 10.9 Å². The molecule has 26 heavy (non-hydrogen) atoms. The van der Waals surface area contributed by atoms with E-state index in [1.54, 1.807) is 12.1 Å². The molecule has 0 unspecified atom stereocenters. The second kappa shape index (κ2) is 8.29. The maximum Gasteiger partial charge on any atom is 0.306 e. The molecule has 6 heteroatoms. The van der Waals surface area contributed by atoms with Crippen LogP contribution in [-0.2, 0) is 27.3 Å². The standard InChI is InChI=1S/C20H19FN2O3/c21-16-8-5-14(6-9-16)11-23-19(24)13-26-20(25)10-7-15-12-22-18-4-2-1-3-17(15)18/h1-6,8-9,12,22H,7,10-11,13H2,(H,23,24). The number of esters is 1. The van der Waals surface area contributed by atoms with Gasteiger partial charge in [0.25, 0.3) is 5.91 Å². The predicted molar refractivity (Wildman–Crippen MR) is 95.8 cm³/mol. The number of hydrogen-bond acceptors (Lipinski definition) is 3. The Morgan fingerprint density at radius 3 is 2.65 bits per heavy atom. The zero-order valence-electron chi connectivity index (χ0n) is 14.1. The fourth-order valence-corrected chi connectivity index (χ4v) is 2.65. The van der Waals surface area contributed by atoms with Crippen LogP contribution >= 0.6 is 0 Å². The van der Waals surface area contributed by atoms with Gasteiger partial charge in [0.05, 0.1) is 0 Å². The fraction of sp³-hybridized carbons (Fsp3) is 0.200. The molecular weight excluding hydrogens is 335 g/mol. The van der Waals surface area contributed by atoms with E-state index in [1.807, 2.05) is 30.5 Å². The maximum atomic E-state index is 12.8. The molecule has 1 heterocycles. The van der Waals surface area contributed by atoms with Crippen LogP contribution < -0.4 is 5.32 Å². The van der Waals surface area contributed by atoms with E-state index >= 15 is 0 Å². The van der Waals surface area contributed by atoms with Crippen molar-refractivity contribution in [3.05, 3.63) is 71.7 Å². The molecule has 1 amide bonds. The van der Waals surface area contributed by atoms with Gasteiger partial charge < -0.3 is 15.0 Å². The number of halogens is 1. The number of H-pyrrole nitrogens is 1. The lowest BCUT2D eigenvalue weighted by Crippen LogP contribution is -2.28. The van der Waals surface area contributed by atoms with Crippen LogP contribution in [0.3, 0.4) is 0 Å². The molecule has 0 spiro atoms. The first-order valence-corrected chi connectivity index (χ1v) is 8.33. The molecular formula is C20H19FN2O3. The van der Waals surface area contributed by atoms with E-state index in [-0.39, 0.29) is 25.4 Å². The quantitative estimate of drug-likeness (QED) is 0.641. The van der Waals surface area contributed by atoms with Gasteiger partial charge in [-0.05, 0) is 35.7 Å². The summed E-state index contributed by atoms with van der Waals surface area (Å²) in [5, 5.41) is 3.70. The molecule has 0 bridgehead atoms. The van der Waals surface area contributed by atoms with Crippen molar-refractivity contribution in [2.45, 2.75) is 19.4 Å². The highest BCUT2D eigenvalue weighted by molar-refractivity contribution is 5.84. The Morgan fingerprint density at radius 1 is 1.08 bits per heavy atom. The number of aromatic nitrogens is 1. The molecule has 0 aliphatic heterocycles. The van der Waals surface area contributed by atoms with Crippen LogP contribution in [0.4, 0.5) is 4.39 Å². The first-order valence-electron chi connectivity index (χ1n) is 8.33. The lowest BCUT2D eigenvalue weighted by molar-refractivity contribution is -0.148. The van der Waals surface area contributed by atoms with Crippen molar-refractivity contribution in [2.24, 2.45) is 0 Å². The van der Waals surface area contributed by atoms with E-state index in [0.29, 0.717) is 6.42 Å². The Labute approximate surface area is 150 Å². The lowest BCUT2D eigenvalue weighted by atomic mass is 10.1. The van der Waals surface area contributed by atoms with Crippen molar-refractivity contribution >= 4 is 22.8 Å². The smallest absolute Gasteiger partial charge is 0.306 e. The Balaban J connectivity index is 1.39. The van der Waals surface area contributed by atoms with Gasteiger partial charge in [-0.25, -0.2) is 4.39 Å². The number of aryl methyl sites for hydroxylation is 1. The van der Waals surface area contributed by atoms with Gasteiger partial charge in [0.15, 0.2) is 6.61 Å². The molecule has 134 valence electrons. The summed E-state index contributed by atoms with van der Waals surface area (Å²) in [5.74, 6) is -1.15. The number of fused-ring (bicyclic) bond motifs is 1. The van der Waals surface area contributed by atoms with Crippen molar-refractivity contribution in [2.75, 3.05) is 6.61 Å². The Kier molecular flexibility index (Phi) is 5.63. The molecule has 3 rings (SSSR count). The van der Waals surface area contributed by atoms with Crippen molar-refractivity contribution in [1.82, 2.24) is 10.3 Å². The van der Waals surface area contributed by atoms with Gasteiger partial charge in [0, 0.05) is 30.1 Å². The van der Waals surface area contributed by atoms with Gasteiger partial charge in [-0.2, -0.15) is 0 Å². The van der Waals surface area contributed by atoms with Crippen molar-refractivity contribution in [3.63, 3.8) is 0 Å². The van der Waals surface area contributed by atoms with Gasteiger partial charge in [-0.1, -0.05) is 30.3 Å². The molecule has 0 saturated heterocycles. The Morgan fingerprint density at radius 2 is 1.85 bits per heavy atom. The number of para-hydroxylation sites is 1. The van der Waals surface area contributed by atoms with Crippen LogP contribution in [0.1, 0.15) is 17.5 Å². The van der Waals surface area contributed by atoms with Crippen LogP contribution in [0, 0.1) is 5.82 Å². The van der Waals surface area contributed by atoms with E-state index < -0.39 is 11.9 Å². The molecule has 3 aromatic rings. The molecule has 1 aromatic heterocycles. The van der Waals surface area contributed by atoms with E-state index in [9.17, 15) is 14.0 Å². The summed E-state index contributed by atoms with van der Waals surface area (Å²) in [4.78, 5) is 26.7. The number of benzene rings is 2. The van der Waals surface area contributed by atoms with E-state index in [1.165, 1.54) is 12.1 Å². The van der Waals surface area contributed by atoms with Gasteiger partial charge >= 0.3 is 5.97 Å². The number of nitrogens with one attached hydrogen (secondary N) is 2. The van der Waals surface area contributed by atoms with Gasteiger partial charge in [0.1, 0.15) is 5.82 Å². The maximum absolute atomic E-state index is 12.8. The number of carbonyl (C=O) groups excluding carboxylic acids is 2. The highest BCUT2D eigenvalue weighted by Crippen LogP contribution is 2.19.